The first-order chi connectivity index (χ1) is 6.65. The lowest BCUT2D eigenvalue weighted by molar-refractivity contribution is 0.0955. The van der Waals surface area contributed by atoms with Gasteiger partial charge in [0, 0.05) is 18.7 Å². The van der Waals surface area contributed by atoms with Crippen molar-refractivity contribution in [1.82, 2.24) is 5.32 Å². The van der Waals surface area contributed by atoms with Crippen LogP contribution in [0.5, 0.6) is 5.75 Å². The van der Waals surface area contributed by atoms with E-state index in [0.29, 0.717) is 18.7 Å². The summed E-state index contributed by atoms with van der Waals surface area (Å²) in [6.45, 7) is 0.800. The second-order valence-corrected chi connectivity index (χ2v) is 3.12. The van der Waals surface area contributed by atoms with Crippen LogP contribution < -0.4 is 11.1 Å². The van der Waals surface area contributed by atoms with Crippen molar-refractivity contribution in [1.29, 1.82) is 0 Å². The minimum absolute atomic E-state index is 0.0398. The van der Waals surface area contributed by atoms with Crippen molar-refractivity contribution in [3.05, 3.63) is 28.8 Å². The molecule has 76 valence electrons. The van der Waals surface area contributed by atoms with Crippen molar-refractivity contribution in [3.63, 3.8) is 0 Å². The smallest absolute Gasteiger partial charge is 0.251 e. The molecular formula is C9H11ClN2O2. The third-order valence-corrected chi connectivity index (χ3v) is 1.94. The molecule has 0 heterocycles. The molecule has 4 N–H and O–H groups in total. The van der Waals surface area contributed by atoms with Gasteiger partial charge in [0.15, 0.2) is 0 Å². The summed E-state index contributed by atoms with van der Waals surface area (Å²) < 4.78 is 0. The predicted molar refractivity (Wildman–Crippen MR) is 54.5 cm³/mol. The van der Waals surface area contributed by atoms with Gasteiger partial charge in [0.1, 0.15) is 5.75 Å². The number of nitrogens with two attached hydrogens (primary N) is 1. The van der Waals surface area contributed by atoms with Crippen molar-refractivity contribution < 1.29 is 9.90 Å². The first-order valence-corrected chi connectivity index (χ1v) is 4.49. The Morgan fingerprint density at radius 3 is 2.86 bits per heavy atom. The van der Waals surface area contributed by atoms with Gasteiger partial charge >= 0.3 is 0 Å². The maximum Gasteiger partial charge on any atom is 0.251 e. The maximum absolute atomic E-state index is 11.4. The summed E-state index contributed by atoms with van der Waals surface area (Å²) in [5, 5.41) is 11.9. The summed E-state index contributed by atoms with van der Waals surface area (Å²) in [6, 6.07) is 4.27. The zero-order chi connectivity index (χ0) is 10.6. The van der Waals surface area contributed by atoms with Gasteiger partial charge in [-0.3, -0.25) is 4.79 Å². The van der Waals surface area contributed by atoms with Gasteiger partial charge < -0.3 is 16.2 Å². The molecule has 1 amide bonds. The number of nitrogens with one attached hydrogen (secondary N) is 1. The van der Waals surface area contributed by atoms with E-state index in [9.17, 15) is 4.79 Å². The van der Waals surface area contributed by atoms with E-state index in [1.165, 1.54) is 18.2 Å². The van der Waals surface area contributed by atoms with Crippen LogP contribution in [0.2, 0.25) is 5.02 Å². The van der Waals surface area contributed by atoms with Gasteiger partial charge in [0.2, 0.25) is 0 Å². The summed E-state index contributed by atoms with van der Waals surface area (Å²) in [6.07, 6.45) is 0. The first kappa shape index (κ1) is 10.8. The van der Waals surface area contributed by atoms with E-state index in [2.05, 4.69) is 5.32 Å². The highest BCUT2D eigenvalue weighted by atomic mass is 35.5. The van der Waals surface area contributed by atoms with Crippen molar-refractivity contribution in [2.75, 3.05) is 13.1 Å². The summed E-state index contributed by atoms with van der Waals surface area (Å²) >= 11 is 5.64. The number of benzene rings is 1. The van der Waals surface area contributed by atoms with E-state index in [1.807, 2.05) is 0 Å². The normalized spacial score (nSPS) is 9.86. The van der Waals surface area contributed by atoms with Crippen LogP contribution >= 0.6 is 11.6 Å². The number of hydrogen-bond acceptors (Lipinski definition) is 3. The standard InChI is InChI=1S/C9H11ClN2O2/c10-7-5-6(1-2-8(7)13)9(14)12-4-3-11/h1-2,5,13H,3-4,11H2,(H,12,14). The number of carbonyl (C=O) groups excluding carboxylic acids is 1. The number of hydrogen-bond donors (Lipinski definition) is 3. The fourth-order valence-corrected chi connectivity index (χ4v) is 1.12. The molecule has 5 heteroatoms. The van der Waals surface area contributed by atoms with Crippen molar-refractivity contribution in [3.8, 4) is 5.75 Å². The Balaban J connectivity index is 2.76. The molecule has 0 aliphatic rings. The number of phenolic OH excluding ortho intramolecular Hbond substituents is 1. The van der Waals surface area contributed by atoms with Crippen LogP contribution in [0.4, 0.5) is 0 Å². The number of carbonyl (C=O) groups is 1. The fourth-order valence-electron chi connectivity index (χ4n) is 0.936. The fraction of sp³-hybridized carbons (Fsp3) is 0.222. The van der Waals surface area contributed by atoms with E-state index in [0.717, 1.165) is 0 Å². The average molecular weight is 215 g/mol. The van der Waals surface area contributed by atoms with E-state index in [4.69, 9.17) is 22.4 Å². The lowest BCUT2D eigenvalue weighted by Crippen LogP contribution is -2.28. The molecule has 14 heavy (non-hydrogen) atoms. The van der Waals surface area contributed by atoms with Gasteiger partial charge in [-0.15, -0.1) is 0 Å². The molecule has 1 aromatic rings. The predicted octanol–water partition coefficient (Wildman–Crippen LogP) is 0.734. The van der Waals surface area contributed by atoms with Crippen molar-refractivity contribution >= 4 is 17.5 Å². The SMILES string of the molecule is NCCNC(=O)c1ccc(O)c(Cl)c1. The minimum atomic E-state index is -0.252. The summed E-state index contributed by atoms with van der Waals surface area (Å²) in [5.74, 6) is -0.292. The molecule has 0 aromatic heterocycles. The molecule has 0 aliphatic heterocycles. The summed E-state index contributed by atoms with van der Waals surface area (Å²) in [5.41, 5.74) is 5.63. The van der Waals surface area contributed by atoms with E-state index in [-0.39, 0.29) is 16.7 Å². The van der Waals surface area contributed by atoms with Crippen LogP contribution in [-0.4, -0.2) is 24.1 Å². The maximum atomic E-state index is 11.4. The number of aromatic hydroxyl groups is 1. The Morgan fingerprint density at radius 2 is 2.29 bits per heavy atom. The van der Waals surface area contributed by atoms with Crippen LogP contribution in [0.25, 0.3) is 0 Å². The lowest BCUT2D eigenvalue weighted by atomic mass is 10.2. The second-order valence-electron chi connectivity index (χ2n) is 2.71. The third kappa shape index (κ3) is 2.61. The van der Waals surface area contributed by atoms with E-state index >= 15 is 0 Å². The first-order valence-electron chi connectivity index (χ1n) is 4.12. The van der Waals surface area contributed by atoms with Gasteiger partial charge in [-0.2, -0.15) is 0 Å². The highest BCUT2D eigenvalue weighted by molar-refractivity contribution is 6.32. The van der Waals surface area contributed by atoms with E-state index in [1.54, 1.807) is 0 Å². The Morgan fingerprint density at radius 1 is 1.57 bits per heavy atom. The van der Waals surface area contributed by atoms with Crippen molar-refractivity contribution in [2.45, 2.75) is 0 Å². The van der Waals surface area contributed by atoms with Crippen LogP contribution in [0.1, 0.15) is 10.4 Å². The van der Waals surface area contributed by atoms with Crippen LogP contribution in [0.15, 0.2) is 18.2 Å². The molecule has 0 unspecified atom stereocenters. The Bertz CT molecular complexity index is 342. The molecule has 0 aliphatic carbocycles. The zero-order valence-corrected chi connectivity index (χ0v) is 8.21. The van der Waals surface area contributed by atoms with Crippen molar-refractivity contribution in [2.24, 2.45) is 5.73 Å². The van der Waals surface area contributed by atoms with Gasteiger partial charge in [0.05, 0.1) is 5.02 Å². The Kier molecular flexibility index (Phi) is 3.73. The molecule has 0 fully saturated rings. The number of rotatable bonds is 3. The average Bonchev–Trinajstić information content (AvgIpc) is 2.18. The molecule has 0 saturated carbocycles. The molecular weight excluding hydrogens is 204 g/mol. The molecule has 0 saturated heterocycles. The molecule has 0 radical (unpaired) electrons. The van der Waals surface area contributed by atoms with Gasteiger partial charge in [0.25, 0.3) is 5.91 Å². The van der Waals surface area contributed by atoms with Gasteiger partial charge in [-0.1, -0.05) is 11.6 Å². The highest BCUT2D eigenvalue weighted by Gasteiger charge is 2.06. The zero-order valence-electron chi connectivity index (χ0n) is 7.46. The van der Waals surface area contributed by atoms with Gasteiger partial charge in [-0.25, -0.2) is 0 Å². The number of phenols is 1. The quantitative estimate of drug-likeness (QED) is 0.695. The van der Waals surface area contributed by atoms with E-state index < -0.39 is 0 Å². The monoisotopic (exact) mass is 214 g/mol. The summed E-state index contributed by atoms with van der Waals surface area (Å²) in [7, 11) is 0. The Hall–Kier alpha value is -1.26. The molecule has 4 nitrogen and oxygen atoms in total. The molecule has 0 spiro atoms. The van der Waals surface area contributed by atoms with Crippen LogP contribution in [0, 0.1) is 0 Å². The topological polar surface area (TPSA) is 75.3 Å². The van der Waals surface area contributed by atoms with Crippen LogP contribution in [0.3, 0.4) is 0 Å². The van der Waals surface area contributed by atoms with Gasteiger partial charge in [-0.05, 0) is 18.2 Å². The molecule has 1 rings (SSSR count). The molecule has 0 atom stereocenters. The number of amides is 1. The Labute approximate surface area is 86.7 Å². The number of halogens is 1. The largest absolute Gasteiger partial charge is 0.506 e. The summed E-state index contributed by atoms with van der Waals surface area (Å²) in [4.78, 5) is 11.4. The minimum Gasteiger partial charge on any atom is -0.506 e. The lowest BCUT2D eigenvalue weighted by Gasteiger charge is -2.04. The third-order valence-electron chi connectivity index (χ3n) is 1.64. The molecule has 1 aromatic carbocycles. The van der Waals surface area contributed by atoms with Crippen LogP contribution in [-0.2, 0) is 0 Å². The second kappa shape index (κ2) is 4.83. The molecule has 0 bridgehead atoms. The highest BCUT2D eigenvalue weighted by Crippen LogP contribution is 2.23.